The predicted octanol–water partition coefficient (Wildman–Crippen LogP) is 4.67. The molecule has 0 saturated heterocycles. The van der Waals surface area contributed by atoms with E-state index in [0.29, 0.717) is 35.8 Å². The van der Waals surface area contributed by atoms with Gasteiger partial charge in [0, 0.05) is 24.1 Å². The monoisotopic (exact) mass is 428 g/mol. The fraction of sp³-hybridized carbons (Fsp3) is 0.160. The van der Waals surface area contributed by atoms with Crippen molar-refractivity contribution in [2.75, 3.05) is 12.4 Å². The van der Waals surface area contributed by atoms with Crippen LogP contribution in [0.25, 0.3) is 5.69 Å². The lowest BCUT2D eigenvalue weighted by Gasteiger charge is -2.13. The Morgan fingerprint density at radius 2 is 1.81 bits per heavy atom. The van der Waals surface area contributed by atoms with Crippen molar-refractivity contribution < 1.29 is 14.3 Å². The first-order valence-electron chi connectivity index (χ1n) is 10.3. The van der Waals surface area contributed by atoms with Gasteiger partial charge in [0.25, 0.3) is 5.91 Å². The zero-order chi connectivity index (χ0) is 22.3. The van der Waals surface area contributed by atoms with E-state index in [4.69, 9.17) is 9.47 Å². The molecular formula is C25H24N4O3. The van der Waals surface area contributed by atoms with Gasteiger partial charge in [-0.15, -0.1) is 0 Å². The van der Waals surface area contributed by atoms with E-state index in [1.165, 1.54) is 0 Å². The summed E-state index contributed by atoms with van der Waals surface area (Å²) in [4.78, 5) is 17.1. The van der Waals surface area contributed by atoms with Crippen LogP contribution in [0.2, 0.25) is 0 Å². The van der Waals surface area contributed by atoms with Crippen molar-refractivity contribution in [3.63, 3.8) is 0 Å². The fourth-order valence-electron chi connectivity index (χ4n) is 3.40. The number of amides is 1. The van der Waals surface area contributed by atoms with Crippen LogP contribution in [0.15, 0.2) is 79.3 Å². The Kier molecular flexibility index (Phi) is 6.46. The molecule has 7 nitrogen and oxygen atoms in total. The van der Waals surface area contributed by atoms with E-state index in [1.54, 1.807) is 48.6 Å². The minimum Gasteiger partial charge on any atom is -0.493 e. The third kappa shape index (κ3) is 4.62. The standard InChI is InChI=1S/C25H24N4O3/c1-3-22-21(16-27-29(22)20-7-5-4-6-8-20)25(30)28-19-9-10-23(31-2)24(15-19)32-17-18-11-13-26-14-12-18/h4-16H,3,17H2,1-2H3,(H,28,30). The first-order chi connectivity index (χ1) is 15.7. The largest absolute Gasteiger partial charge is 0.493 e. The number of nitrogens with zero attached hydrogens (tertiary/aromatic N) is 3. The van der Waals surface area contributed by atoms with Gasteiger partial charge in [-0.25, -0.2) is 4.68 Å². The predicted molar refractivity (Wildman–Crippen MR) is 122 cm³/mol. The van der Waals surface area contributed by atoms with Gasteiger partial charge in [-0.1, -0.05) is 25.1 Å². The van der Waals surface area contributed by atoms with E-state index in [0.717, 1.165) is 16.9 Å². The van der Waals surface area contributed by atoms with Crippen LogP contribution in [-0.4, -0.2) is 27.8 Å². The second-order valence-electron chi connectivity index (χ2n) is 7.07. The van der Waals surface area contributed by atoms with E-state index in [1.807, 2.05) is 49.4 Å². The minimum atomic E-state index is -0.228. The molecule has 1 amide bonds. The lowest BCUT2D eigenvalue weighted by Crippen LogP contribution is -2.14. The van der Waals surface area contributed by atoms with Crippen molar-refractivity contribution in [3.05, 3.63) is 96.1 Å². The number of benzene rings is 2. The molecule has 32 heavy (non-hydrogen) atoms. The Morgan fingerprint density at radius 1 is 1.03 bits per heavy atom. The number of methoxy groups -OCH3 is 1. The van der Waals surface area contributed by atoms with Crippen molar-refractivity contribution in [2.24, 2.45) is 0 Å². The minimum absolute atomic E-state index is 0.228. The van der Waals surface area contributed by atoms with Crippen LogP contribution in [0.1, 0.15) is 28.5 Å². The number of carbonyl (C=O) groups is 1. The zero-order valence-corrected chi connectivity index (χ0v) is 18.0. The van der Waals surface area contributed by atoms with Gasteiger partial charge in [-0.05, 0) is 48.4 Å². The van der Waals surface area contributed by atoms with Crippen LogP contribution in [0.3, 0.4) is 0 Å². The summed E-state index contributed by atoms with van der Waals surface area (Å²) >= 11 is 0. The van der Waals surface area contributed by atoms with Gasteiger partial charge in [0.2, 0.25) is 0 Å². The molecule has 0 aliphatic rings. The summed E-state index contributed by atoms with van der Waals surface area (Å²) in [5.74, 6) is 0.898. The van der Waals surface area contributed by atoms with Gasteiger partial charge >= 0.3 is 0 Å². The number of carbonyl (C=O) groups excluding carboxylic acids is 1. The lowest BCUT2D eigenvalue weighted by molar-refractivity contribution is 0.102. The molecule has 4 rings (SSSR count). The molecule has 2 aromatic heterocycles. The van der Waals surface area contributed by atoms with Crippen LogP contribution in [0.5, 0.6) is 11.5 Å². The summed E-state index contributed by atoms with van der Waals surface area (Å²) < 4.78 is 13.1. The van der Waals surface area contributed by atoms with Crippen molar-refractivity contribution in [3.8, 4) is 17.2 Å². The first-order valence-corrected chi connectivity index (χ1v) is 10.3. The maximum absolute atomic E-state index is 13.0. The topological polar surface area (TPSA) is 78.3 Å². The molecule has 162 valence electrons. The Labute approximate surface area is 186 Å². The third-order valence-corrected chi connectivity index (χ3v) is 5.01. The highest BCUT2D eigenvalue weighted by molar-refractivity contribution is 6.05. The van der Waals surface area contributed by atoms with E-state index in [2.05, 4.69) is 15.4 Å². The number of nitrogens with one attached hydrogen (secondary N) is 1. The molecule has 0 spiro atoms. The highest BCUT2D eigenvalue weighted by Gasteiger charge is 2.18. The Bertz CT molecular complexity index is 1190. The van der Waals surface area contributed by atoms with Crippen molar-refractivity contribution in [1.82, 2.24) is 14.8 Å². The van der Waals surface area contributed by atoms with Crippen LogP contribution in [-0.2, 0) is 13.0 Å². The lowest BCUT2D eigenvalue weighted by atomic mass is 10.1. The van der Waals surface area contributed by atoms with Gasteiger partial charge < -0.3 is 14.8 Å². The Balaban J connectivity index is 1.54. The maximum atomic E-state index is 13.0. The molecule has 0 bridgehead atoms. The molecule has 2 heterocycles. The fourth-order valence-corrected chi connectivity index (χ4v) is 3.40. The molecule has 4 aromatic rings. The molecule has 0 aliphatic heterocycles. The van der Waals surface area contributed by atoms with Gasteiger partial charge in [0.15, 0.2) is 11.5 Å². The highest BCUT2D eigenvalue weighted by atomic mass is 16.5. The average molecular weight is 428 g/mol. The summed E-state index contributed by atoms with van der Waals surface area (Å²) in [5, 5.41) is 7.38. The molecule has 0 aliphatic carbocycles. The van der Waals surface area contributed by atoms with E-state index in [9.17, 15) is 4.79 Å². The highest BCUT2D eigenvalue weighted by Crippen LogP contribution is 2.31. The zero-order valence-electron chi connectivity index (χ0n) is 18.0. The number of rotatable bonds is 8. The summed E-state index contributed by atoms with van der Waals surface area (Å²) in [7, 11) is 1.58. The summed E-state index contributed by atoms with van der Waals surface area (Å²) in [6.07, 6.45) is 5.70. The summed E-state index contributed by atoms with van der Waals surface area (Å²) in [6, 6.07) is 18.8. The smallest absolute Gasteiger partial charge is 0.259 e. The number of aromatic nitrogens is 3. The van der Waals surface area contributed by atoms with Gasteiger partial charge in [0.05, 0.1) is 30.3 Å². The normalized spacial score (nSPS) is 10.6. The quantitative estimate of drug-likeness (QED) is 0.441. The molecule has 0 fully saturated rings. The SMILES string of the molecule is CCc1c(C(=O)Nc2ccc(OC)c(OCc3ccncc3)c2)cnn1-c1ccccc1. The molecule has 7 heteroatoms. The van der Waals surface area contributed by atoms with Crippen molar-refractivity contribution in [1.29, 1.82) is 0 Å². The number of anilines is 1. The Morgan fingerprint density at radius 3 is 2.53 bits per heavy atom. The van der Waals surface area contributed by atoms with Gasteiger partial charge in [-0.2, -0.15) is 5.10 Å². The van der Waals surface area contributed by atoms with Crippen molar-refractivity contribution >= 4 is 11.6 Å². The molecule has 0 atom stereocenters. The third-order valence-electron chi connectivity index (χ3n) is 5.01. The van der Waals surface area contributed by atoms with E-state index in [-0.39, 0.29) is 5.91 Å². The number of pyridine rings is 1. The van der Waals surface area contributed by atoms with Crippen LogP contribution >= 0.6 is 0 Å². The van der Waals surface area contributed by atoms with Gasteiger partial charge in [0.1, 0.15) is 6.61 Å². The van der Waals surface area contributed by atoms with E-state index < -0.39 is 0 Å². The number of hydrogen-bond acceptors (Lipinski definition) is 5. The molecule has 0 unspecified atom stereocenters. The first kappa shape index (κ1) is 21.1. The molecular weight excluding hydrogens is 404 g/mol. The van der Waals surface area contributed by atoms with Crippen LogP contribution in [0.4, 0.5) is 5.69 Å². The molecule has 2 aromatic carbocycles. The molecule has 0 saturated carbocycles. The molecule has 1 N–H and O–H groups in total. The van der Waals surface area contributed by atoms with Gasteiger partial charge in [-0.3, -0.25) is 9.78 Å². The van der Waals surface area contributed by atoms with Crippen LogP contribution < -0.4 is 14.8 Å². The second kappa shape index (κ2) is 9.78. The van der Waals surface area contributed by atoms with Crippen molar-refractivity contribution in [2.45, 2.75) is 20.0 Å². The van der Waals surface area contributed by atoms with E-state index >= 15 is 0 Å². The second-order valence-corrected chi connectivity index (χ2v) is 7.07. The summed E-state index contributed by atoms with van der Waals surface area (Å²) in [5.41, 5.74) is 3.88. The number of ether oxygens (including phenoxy) is 2. The number of para-hydroxylation sites is 1. The summed E-state index contributed by atoms with van der Waals surface area (Å²) in [6.45, 7) is 2.37. The average Bonchev–Trinajstić information content (AvgIpc) is 3.28. The number of hydrogen-bond donors (Lipinski definition) is 1. The Hall–Kier alpha value is -4.13. The van der Waals surface area contributed by atoms with Crippen LogP contribution in [0, 0.1) is 0 Å². The maximum Gasteiger partial charge on any atom is 0.259 e. The molecule has 0 radical (unpaired) electrons.